The van der Waals surface area contributed by atoms with E-state index in [4.69, 9.17) is 4.42 Å². The third-order valence-corrected chi connectivity index (χ3v) is 3.18. The lowest BCUT2D eigenvalue weighted by atomic mass is 10.1. The van der Waals surface area contributed by atoms with Crippen molar-refractivity contribution in [3.8, 4) is 11.3 Å². The van der Waals surface area contributed by atoms with Gasteiger partial charge in [-0.15, -0.1) is 0 Å². The standard InChI is InChI=1S/C16H20N2O2/c1-4-5-11-18-12(2)15(14-9-7-6-8-10-14)20-16(18)17-13(3)19/h6-10H,4-5,11H2,1-3H3. The number of hydrogen-bond acceptors (Lipinski definition) is 2. The first-order valence-electron chi connectivity index (χ1n) is 6.94. The molecule has 0 saturated heterocycles. The summed E-state index contributed by atoms with van der Waals surface area (Å²) in [7, 11) is 0. The molecule has 1 heterocycles. The van der Waals surface area contributed by atoms with Crippen molar-refractivity contribution in [2.75, 3.05) is 0 Å². The summed E-state index contributed by atoms with van der Waals surface area (Å²) in [5.74, 6) is 0.533. The van der Waals surface area contributed by atoms with Gasteiger partial charge in [-0.05, 0) is 13.3 Å². The van der Waals surface area contributed by atoms with Crippen LogP contribution in [0, 0.1) is 6.92 Å². The van der Waals surface area contributed by atoms with E-state index in [-0.39, 0.29) is 5.91 Å². The fourth-order valence-corrected chi connectivity index (χ4v) is 2.14. The lowest BCUT2D eigenvalue weighted by Crippen LogP contribution is -2.19. The number of benzene rings is 1. The summed E-state index contributed by atoms with van der Waals surface area (Å²) in [6.07, 6.45) is 2.11. The molecule has 0 aliphatic rings. The highest BCUT2D eigenvalue weighted by atomic mass is 16.4. The molecule has 0 aliphatic heterocycles. The van der Waals surface area contributed by atoms with Crippen LogP contribution in [0.2, 0.25) is 0 Å². The highest BCUT2D eigenvalue weighted by Gasteiger charge is 2.13. The van der Waals surface area contributed by atoms with E-state index in [1.807, 2.05) is 41.8 Å². The smallest absolute Gasteiger partial charge is 0.305 e. The van der Waals surface area contributed by atoms with Gasteiger partial charge in [-0.25, -0.2) is 0 Å². The molecule has 0 spiro atoms. The number of nitrogens with zero attached hydrogens (tertiary/aromatic N) is 2. The summed E-state index contributed by atoms with van der Waals surface area (Å²) >= 11 is 0. The minimum Gasteiger partial charge on any atom is -0.423 e. The molecule has 0 fully saturated rings. The molecule has 2 rings (SSSR count). The maximum Gasteiger partial charge on any atom is 0.305 e. The first-order valence-corrected chi connectivity index (χ1v) is 6.94. The minimum absolute atomic E-state index is 0.247. The largest absolute Gasteiger partial charge is 0.423 e. The number of rotatable bonds is 4. The molecule has 1 amide bonds. The topological polar surface area (TPSA) is 47.5 Å². The summed E-state index contributed by atoms with van der Waals surface area (Å²) in [4.78, 5) is 15.2. The fraction of sp³-hybridized carbons (Fsp3) is 0.375. The molecule has 0 aliphatic carbocycles. The molecule has 0 radical (unpaired) electrons. The molecule has 1 aromatic heterocycles. The quantitative estimate of drug-likeness (QED) is 0.857. The van der Waals surface area contributed by atoms with Crippen molar-refractivity contribution in [2.45, 2.75) is 40.2 Å². The van der Waals surface area contributed by atoms with Gasteiger partial charge < -0.3 is 4.42 Å². The van der Waals surface area contributed by atoms with Gasteiger partial charge in [-0.3, -0.25) is 9.36 Å². The average molecular weight is 272 g/mol. The van der Waals surface area contributed by atoms with Gasteiger partial charge in [0.05, 0.1) is 5.69 Å². The van der Waals surface area contributed by atoms with E-state index in [0.717, 1.165) is 36.4 Å². The van der Waals surface area contributed by atoms with Crippen LogP contribution >= 0.6 is 0 Å². The van der Waals surface area contributed by atoms with E-state index in [9.17, 15) is 4.79 Å². The molecular weight excluding hydrogens is 252 g/mol. The Hall–Kier alpha value is -2.10. The molecule has 0 saturated carbocycles. The van der Waals surface area contributed by atoms with Crippen LogP contribution in [0.25, 0.3) is 11.3 Å². The van der Waals surface area contributed by atoms with E-state index < -0.39 is 0 Å². The Kier molecular flexibility index (Phi) is 4.56. The Morgan fingerprint density at radius 3 is 2.60 bits per heavy atom. The highest BCUT2D eigenvalue weighted by molar-refractivity contribution is 5.73. The zero-order chi connectivity index (χ0) is 14.5. The lowest BCUT2D eigenvalue weighted by Gasteiger charge is -2.03. The molecule has 1 aromatic carbocycles. The molecular formula is C16H20N2O2. The van der Waals surface area contributed by atoms with E-state index in [1.165, 1.54) is 6.92 Å². The number of amides is 1. The first kappa shape index (κ1) is 14.3. The maximum atomic E-state index is 11.3. The molecule has 0 N–H and O–H groups in total. The van der Waals surface area contributed by atoms with Crippen LogP contribution in [-0.2, 0) is 11.3 Å². The molecule has 0 bridgehead atoms. The molecule has 106 valence electrons. The molecule has 20 heavy (non-hydrogen) atoms. The number of hydrogen-bond donors (Lipinski definition) is 0. The third kappa shape index (κ3) is 3.07. The molecule has 4 nitrogen and oxygen atoms in total. The van der Waals surface area contributed by atoms with Crippen molar-refractivity contribution in [3.05, 3.63) is 41.7 Å². The Bertz CT molecular complexity index is 651. The van der Waals surface area contributed by atoms with E-state index in [1.54, 1.807) is 0 Å². The highest BCUT2D eigenvalue weighted by Crippen LogP contribution is 2.22. The average Bonchev–Trinajstić information content (AvgIpc) is 2.73. The van der Waals surface area contributed by atoms with Crippen LogP contribution in [-0.4, -0.2) is 10.5 Å². The second-order valence-electron chi connectivity index (χ2n) is 4.80. The monoisotopic (exact) mass is 272 g/mol. The third-order valence-electron chi connectivity index (χ3n) is 3.18. The Balaban J connectivity index is 2.55. The fourth-order valence-electron chi connectivity index (χ4n) is 2.14. The van der Waals surface area contributed by atoms with Gasteiger partial charge in [0.15, 0.2) is 5.76 Å². The molecule has 0 atom stereocenters. The first-order chi connectivity index (χ1) is 9.63. The normalized spacial score (nSPS) is 11.8. The maximum absolute atomic E-state index is 11.3. The predicted molar refractivity (Wildman–Crippen MR) is 78.0 cm³/mol. The van der Waals surface area contributed by atoms with Crippen molar-refractivity contribution in [1.29, 1.82) is 0 Å². The van der Waals surface area contributed by atoms with E-state index in [2.05, 4.69) is 11.9 Å². The Morgan fingerprint density at radius 1 is 1.30 bits per heavy atom. The van der Waals surface area contributed by atoms with Crippen molar-refractivity contribution < 1.29 is 9.21 Å². The van der Waals surface area contributed by atoms with Gasteiger partial charge in [0.1, 0.15) is 0 Å². The second-order valence-corrected chi connectivity index (χ2v) is 4.80. The second kappa shape index (κ2) is 6.37. The van der Waals surface area contributed by atoms with Crippen molar-refractivity contribution >= 4 is 5.91 Å². The number of carbonyl (C=O) groups is 1. The predicted octanol–water partition coefficient (Wildman–Crippen LogP) is 3.30. The summed E-state index contributed by atoms with van der Waals surface area (Å²) in [6.45, 7) is 6.38. The number of oxazole rings is 1. The number of carbonyl (C=O) groups excluding carboxylic acids is 1. The van der Waals surface area contributed by atoms with Gasteiger partial charge in [0.2, 0.25) is 5.91 Å². The van der Waals surface area contributed by atoms with Crippen molar-refractivity contribution in [1.82, 2.24) is 4.57 Å². The van der Waals surface area contributed by atoms with E-state index >= 15 is 0 Å². The summed E-state index contributed by atoms with van der Waals surface area (Å²) in [5, 5.41) is 0. The van der Waals surface area contributed by atoms with Crippen LogP contribution in [0.4, 0.5) is 0 Å². The number of aromatic nitrogens is 1. The summed E-state index contributed by atoms with van der Waals surface area (Å²) in [5.41, 5.74) is 2.40. The minimum atomic E-state index is -0.247. The summed E-state index contributed by atoms with van der Waals surface area (Å²) < 4.78 is 7.79. The van der Waals surface area contributed by atoms with Gasteiger partial charge >= 0.3 is 5.68 Å². The SMILES string of the molecule is CCCCn1c(C)c(-c2ccccc2)oc1=NC(C)=O. The van der Waals surface area contributed by atoms with E-state index in [0.29, 0.717) is 5.68 Å². The number of unbranched alkanes of at least 4 members (excludes halogenated alkanes) is 1. The lowest BCUT2D eigenvalue weighted by molar-refractivity contribution is -0.116. The van der Waals surface area contributed by atoms with Crippen LogP contribution in [0.3, 0.4) is 0 Å². The van der Waals surface area contributed by atoms with Gasteiger partial charge in [0.25, 0.3) is 0 Å². The van der Waals surface area contributed by atoms with Gasteiger partial charge in [-0.1, -0.05) is 43.7 Å². The van der Waals surface area contributed by atoms with Crippen LogP contribution in [0.1, 0.15) is 32.4 Å². The molecule has 4 heteroatoms. The van der Waals surface area contributed by atoms with Crippen molar-refractivity contribution in [3.63, 3.8) is 0 Å². The van der Waals surface area contributed by atoms with Crippen LogP contribution in [0.5, 0.6) is 0 Å². The Morgan fingerprint density at radius 2 is 2.00 bits per heavy atom. The summed E-state index contributed by atoms with van der Waals surface area (Å²) in [6, 6.07) is 9.89. The van der Waals surface area contributed by atoms with Gasteiger partial charge in [-0.2, -0.15) is 4.99 Å². The zero-order valence-corrected chi connectivity index (χ0v) is 12.2. The van der Waals surface area contributed by atoms with Gasteiger partial charge in [0, 0.05) is 19.0 Å². The zero-order valence-electron chi connectivity index (χ0n) is 12.2. The van der Waals surface area contributed by atoms with Crippen molar-refractivity contribution in [2.24, 2.45) is 4.99 Å². The molecule has 0 unspecified atom stereocenters. The van der Waals surface area contributed by atoms with Crippen LogP contribution in [0.15, 0.2) is 39.7 Å². The Labute approximate surface area is 118 Å². The van der Waals surface area contributed by atoms with Crippen LogP contribution < -0.4 is 5.68 Å². The molecule has 2 aromatic rings.